The molecular weight excluding hydrogens is 684 g/mol. The molecule has 54 heavy (non-hydrogen) atoms. The molecule has 3 heterocycles. The minimum Gasteiger partial charge on any atom is -0.388 e. The number of para-hydroxylation sites is 2. The van der Waals surface area contributed by atoms with Crippen molar-refractivity contribution in [1.82, 2.24) is 19.5 Å². The van der Waals surface area contributed by atoms with E-state index in [1.54, 1.807) is 6.33 Å². The second-order valence-corrected chi connectivity index (χ2v) is 13.8. The summed E-state index contributed by atoms with van der Waals surface area (Å²) in [7, 11) is 0. The quantitative estimate of drug-likeness (QED) is 0.134. The molecule has 2 aromatic heterocycles. The summed E-state index contributed by atoms with van der Waals surface area (Å²) in [5.74, 6) is -0.468. The zero-order valence-electron chi connectivity index (χ0n) is 29.9. The van der Waals surface area contributed by atoms with E-state index in [0.717, 1.165) is 17.5 Å². The van der Waals surface area contributed by atoms with E-state index in [0.29, 0.717) is 36.8 Å². The third-order valence-electron chi connectivity index (χ3n) is 9.95. The van der Waals surface area contributed by atoms with Crippen LogP contribution in [0.25, 0.3) is 11.2 Å². The predicted octanol–water partition coefficient (Wildman–Crippen LogP) is 7.85. The number of nitrogens with one attached hydrogen (secondary N) is 1. The summed E-state index contributed by atoms with van der Waals surface area (Å²) >= 11 is 0. The van der Waals surface area contributed by atoms with E-state index in [9.17, 15) is 9.59 Å². The minimum atomic E-state index is -0.760. The number of rotatable bonds is 12. The van der Waals surface area contributed by atoms with Crippen LogP contribution in [-0.2, 0) is 32.2 Å². The van der Waals surface area contributed by atoms with Gasteiger partial charge in [0.25, 0.3) is 5.88 Å². The van der Waals surface area contributed by atoms with Gasteiger partial charge < -0.3 is 18.9 Å². The maximum absolute atomic E-state index is 14.0. The lowest BCUT2D eigenvalue weighted by Crippen LogP contribution is -2.43. The Labute approximate surface area is 312 Å². The van der Waals surface area contributed by atoms with E-state index in [-0.39, 0.29) is 41.2 Å². The summed E-state index contributed by atoms with van der Waals surface area (Å²) in [6.07, 6.45) is 0.757. The number of carbonyl (C=O) groups excluding carboxylic acids is 2. The van der Waals surface area contributed by atoms with Crippen molar-refractivity contribution < 1.29 is 28.5 Å². The third kappa shape index (κ3) is 7.06. The predicted molar refractivity (Wildman–Crippen MR) is 202 cm³/mol. The molecule has 0 spiro atoms. The van der Waals surface area contributed by atoms with Gasteiger partial charge in [0.15, 0.2) is 11.2 Å². The van der Waals surface area contributed by atoms with Crippen molar-refractivity contribution in [3.05, 3.63) is 139 Å². The molecule has 274 valence electrons. The van der Waals surface area contributed by atoms with Crippen LogP contribution in [0.3, 0.4) is 0 Å². The molecule has 1 aliphatic carbocycles. The number of hydrogen-bond donors (Lipinski definition) is 1. The van der Waals surface area contributed by atoms with E-state index in [1.165, 1.54) is 11.8 Å². The Morgan fingerprint density at radius 1 is 0.852 bits per heavy atom. The zero-order valence-corrected chi connectivity index (χ0v) is 29.9. The molecule has 12 heteroatoms. The monoisotopic (exact) mass is 724 g/mol. The number of imidazole rings is 1. The summed E-state index contributed by atoms with van der Waals surface area (Å²) in [6.45, 7) is 4.71. The second kappa shape index (κ2) is 15.2. The number of hydrogen-bond acceptors (Lipinski definition) is 9. The van der Waals surface area contributed by atoms with Crippen molar-refractivity contribution in [2.24, 2.45) is 11.8 Å². The van der Waals surface area contributed by atoms with Crippen LogP contribution in [0, 0.1) is 11.8 Å². The highest BCUT2D eigenvalue weighted by Gasteiger charge is 2.64. The lowest BCUT2D eigenvalue weighted by molar-refractivity contribution is -0.166. The maximum Gasteiger partial charge on any atom is 0.425 e. The first-order valence-corrected chi connectivity index (χ1v) is 18.0. The van der Waals surface area contributed by atoms with Crippen LogP contribution < -0.4 is 15.0 Å². The molecule has 1 saturated heterocycles. The maximum atomic E-state index is 14.0. The number of fused-ring (bicyclic) bond motifs is 3. The average molecular weight is 725 g/mol. The van der Waals surface area contributed by atoms with E-state index < -0.39 is 17.9 Å². The Bertz CT molecular complexity index is 2180. The van der Waals surface area contributed by atoms with E-state index in [4.69, 9.17) is 23.9 Å². The fraction of sp³-hybridized carbons (Fsp3) is 0.262. The molecule has 2 fully saturated rings. The molecule has 1 saturated carbocycles. The minimum absolute atomic E-state index is 0.0421. The highest BCUT2D eigenvalue weighted by molar-refractivity contribution is 5.98. The van der Waals surface area contributed by atoms with E-state index in [1.807, 2.05) is 126 Å². The lowest BCUT2D eigenvalue weighted by Gasteiger charge is -2.34. The fourth-order valence-corrected chi connectivity index (χ4v) is 7.67. The van der Waals surface area contributed by atoms with Crippen LogP contribution in [0.2, 0.25) is 0 Å². The highest BCUT2D eigenvalue weighted by atomic mass is 16.6. The Kier molecular flexibility index (Phi) is 9.87. The van der Waals surface area contributed by atoms with Gasteiger partial charge in [0.05, 0.1) is 43.6 Å². The van der Waals surface area contributed by atoms with Gasteiger partial charge >= 0.3 is 6.09 Å². The first-order valence-electron chi connectivity index (χ1n) is 18.0. The summed E-state index contributed by atoms with van der Waals surface area (Å²) in [5, 5.41) is 2.66. The van der Waals surface area contributed by atoms with Crippen LogP contribution in [0.5, 0.6) is 5.88 Å². The molecule has 1 N–H and O–H groups in total. The normalized spacial score (nSPS) is 21.6. The van der Waals surface area contributed by atoms with Crippen molar-refractivity contribution in [3.8, 4) is 5.88 Å². The molecule has 4 aromatic carbocycles. The Hall–Kier alpha value is -5.95. The molecule has 2 bridgehead atoms. The van der Waals surface area contributed by atoms with E-state index >= 15 is 0 Å². The molecule has 0 radical (unpaired) electrons. The number of benzene rings is 4. The number of ether oxygens (including phenoxy) is 4. The molecule has 2 amide bonds. The van der Waals surface area contributed by atoms with Crippen LogP contribution in [0.15, 0.2) is 128 Å². The van der Waals surface area contributed by atoms with Crippen molar-refractivity contribution in [2.75, 3.05) is 16.8 Å². The molecular formula is C42H40N6O6. The van der Waals surface area contributed by atoms with Crippen molar-refractivity contribution in [2.45, 2.75) is 51.4 Å². The molecule has 5 atom stereocenters. The summed E-state index contributed by atoms with van der Waals surface area (Å²) < 4.78 is 28.0. The van der Waals surface area contributed by atoms with Gasteiger partial charge in [0.1, 0.15) is 11.8 Å². The number of aromatic nitrogens is 4. The number of carbonyl (C=O) groups is 2. The highest BCUT2D eigenvalue weighted by Crippen LogP contribution is 2.57. The summed E-state index contributed by atoms with van der Waals surface area (Å²) in [4.78, 5) is 41.6. The van der Waals surface area contributed by atoms with Gasteiger partial charge in [-0.25, -0.2) is 14.7 Å². The third-order valence-corrected chi connectivity index (χ3v) is 9.95. The van der Waals surface area contributed by atoms with Crippen molar-refractivity contribution in [1.29, 1.82) is 0 Å². The van der Waals surface area contributed by atoms with Crippen LogP contribution >= 0.6 is 0 Å². The summed E-state index contributed by atoms with van der Waals surface area (Å²) in [6, 6.07) is 38.4. The Morgan fingerprint density at radius 2 is 1.44 bits per heavy atom. The smallest absolute Gasteiger partial charge is 0.388 e. The first kappa shape index (κ1) is 35.1. The van der Waals surface area contributed by atoms with E-state index in [2.05, 4.69) is 22.2 Å². The molecule has 2 aliphatic rings. The fourth-order valence-electron chi connectivity index (χ4n) is 7.67. The van der Waals surface area contributed by atoms with Crippen molar-refractivity contribution in [3.63, 3.8) is 0 Å². The second-order valence-electron chi connectivity index (χ2n) is 13.8. The van der Waals surface area contributed by atoms with Gasteiger partial charge in [-0.15, -0.1) is 0 Å². The molecule has 12 nitrogen and oxygen atoms in total. The Morgan fingerprint density at radius 3 is 2.06 bits per heavy atom. The van der Waals surface area contributed by atoms with Gasteiger partial charge in [-0.1, -0.05) is 104 Å². The van der Waals surface area contributed by atoms with Gasteiger partial charge in [-0.05, 0) is 47.7 Å². The Balaban J connectivity index is 1.14. The van der Waals surface area contributed by atoms with Gasteiger partial charge in [-0.2, -0.15) is 9.97 Å². The average Bonchev–Trinajstić information content (AvgIpc) is 3.83. The SMILES string of the molecule is CC(=O)Nc1nc(OC(=O)N(c2ccccc2)c2ccccc2)c2ncn([C@@H]3O[C@@]4(COCc5ccccc5)C[C@@H](C)[C@@H]3[C@@H]4OCc3ccccc3)c2n1. The zero-order chi connectivity index (χ0) is 37.1. The molecule has 6 aromatic rings. The molecule has 8 rings (SSSR count). The topological polar surface area (TPSA) is 130 Å². The van der Waals surface area contributed by atoms with Gasteiger partial charge in [0, 0.05) is 12.8 Å². The lowest BCUT2D eigenvalue weighted by atomic mass is 9.94. The van der Waals surface area contributed by atoms with Gasteiger partial charge in [0.2, 0.25) is 11.9 Å². The molecule has 0 unspecified atom stereocenters. The number of nitrogens with zero attached hydrogens (tertiary/aromatic N) is 5. The molecule has 1 aliphatic heterocycles. The number of amides is 2. The van der Waals surface area contributed by atoms with Crippen LogP contribution in [-0.4, -0.2) is 49.8 Å². The standard InChI is InChI=1S/C42H40N6O6/c1-28-23-42(26-51-24-30-15-7-3-8-16-30)36(52-25-31-17-9-4-10-18-31)34(28)39(54-42)47-27-43-35-37(47)45-40(44-29(2)49)46-38(35)53-41(50)48(32-19-11-5-12-20-32)33-21-13-6-14-22-33/h3-22,27-28,34,36,39H,23-26H2,1-2H3,(H,44,45,46,49)/t28-,34-,36+,39-,42-/m1/s1. The van der Waals surface area contributed by atoms with Crippen molar-refractivity contribution >= 4 is 40.5 Å². The number of anilines is 3. The largest absolute Gasteiger partial charge is 0.425 e. The first-order chi connectivity index (χ1) is 26.4. The summed E-state index contributed by atoms with van der Waals surface area (Å²) in [5.41, 5.74) is 3.11. The van der Waals surface area contributed by atoms with Crippen LogP contribution in [0.4, 0.5) is 22.1 Å². The van der Waals surface area contributed by atoms with Gasteiger partial charge in [-0.3, -0.25) is 14.7 Å². The van der Waals surface area contributed by atoms with Crippen LogP contribution in [0.1, 0.15) is 37.6 Å².